The summed E-state index contributed by atoms with van der Waals surface area (Å²) < 4.78 is 13.7. The number of hydrogen-bond donors (Lipinski definition) is 1. The van der Waals surface area contributed by atoms with Crippen molar-refractivity contribution >= 4 is 34.1 Å². The van der Waals surface area contributed by atoms with E-state index < -0.39 is 10.8 Å². The molecular weight excluding hydrogens is 228 g/mol. The first kappa shape index (κ1) is 10.6. The number of para-hydroxylation sites is 2. The molecule has 0 aliphatic heterocycles. The zero-order valence-electron chi connectivity index (χ0n) is 8.40. The molecule has 15 heavy (non-hydrogen) atoms. The van der Waals surface area contributed by atoms with E-state index in [1.54, 1.807) is 6.26 Å². The molecule has 2 rings (SSSR count). The van der Waals surface area contributed by atoms with Gasteiger partial charge in [-0.3, -0.25) is 4.21 Å². The van der Waals surface area contributed by atoms with E-state index in [1.165, 1.54) is 0 Å². The summed E-state index contributed by atoms with van der Waals surface area (Å²) in [6.45, 7) is 0.700. The van der Waals surface area contributed by atoms with Crippen LogP contribution in [0.4, 0.5) is 0 Å². The van der Waals surface area contributed by atoms with E-state index in [0.29, 0.717) is 17.1 Å². The van der Waals surface area contributed by atoms with Gasteiger partial charge in [-0.15, -0.1) is 0 Å². The fourth-order valence-electron chi connectivity index (χ4n) is 1.55. The lowest BCUT2D eigenvalue weighted by atomic mass is 10.3. The molecule has 0 bridgehead atoms. The van der Waals surface area contributed by atoms with E-state index in [9.17, 15) is 4.21 Å². The third-order valence-corrected chi connectivity index (χ3v) is 3.36. The molecule has 0 aliphatic carbocycles. The van der Waals surface area contributed by atoms with Gasteiger partial charge in [-0.25, -0.2) is 0 Å². The van der Waals surface area contributed by atoms with Crippen molar-refractivity contribution in [1.82, 2.24) is 9.55 Å². The lowest BCUT2D eigenvalue weighted by Gasteiger charge is -2.01. The zero-order chi connectivity index (χ0) is 10.8. The normalized spacial score (nSPS) is 13.1. The Balaban J connectivity index is 2.45. The predicted molar refractivity (Wildman–Crippen MR) is 66.1 cm³/mol. The number of benzene rings is 1. The van der Waals surface area contributed by atoms with Gasteiger partial charge >= 0.3 is 0 Å². The van der Waals surface area contributed by atoms with Crippen LogP contribution in [0.5, 0.6) is 0 Å². The van der Waals surface area contributed by atoms with Gasteiger partial charge in [-0.05, 0) is 24.4 Å². The first-order valence-corrected chi connectivity index (χ1v) is 6.79. The van der Waals surface area contributed by atoms with Gasteiger partial charge in [-0.2, -0.15) is 0 Å². The molecule has 1 aromatic carbocycles. The van der Waals surface area contributed by atoms with Crippen LogP contribution >= 0.6 is 12.2 Å². The van der Waals surface area contributed by atoms with Crippen LogP contribution in [-0.4, -0.2) is 25.8 Å². The van der Waals surface area contributed by atoms with Crippen molar-refractivity contribution in [2.75, 3.05) is 12.0 Å². The number of aryl methyl sites for hydroxylation is 1. The van der Waals surface area contributed by atoms with E-state index in [0.717, 1.165) is 11.0 Å². The summed E-state index contributed by atoms with van der Waals surface area (Å²) in [6.07, 6.45) is 1.71. The average molecular weight is 240 g/mol. The summed E-state index contributed by atoms with van der Waals surface area (Å²) in [7, 11) is -0.782. The third-order valence-electron chi connectivity index (χ3n) is 2.28. The summed E-state index contributed by atoms with van der Waals surface area (Å²) in [5.41, 5.74) is 2.11. The van der Waals surface area contributed by atoms with Gasteiger partial charge in [0, 0.05) is 29.4 Å². The molecule has 0 radical (unpaired) electrons. The quantitative estimate of drug-likeness (QED) is 0.834. The molecule has 2 aromatic rings. The molecule has 1 unspecified atom stereocenters. The molecule has 80 valence electrons. The second-order valence-electron chi connectivity index (χ2n) is 3.38. The SMILES string of the molecule is CS(=O)CCn1c(=S)[nH]c2ccccc21. The monoisotopic (exact) mass is 240 g/mol. The van der Waals surface area contributed by atoms with Crippen molar-refractivity contribution in [3.05, 3.63) is 29.0 Å². The number of rotatable bonds is 3. The summed E-state index contributed by atoms with van der Waals surface area (Å²) in [5.74, 6) is 0.635. The molecule has 1 atom stereocenters. The highest BCUT2D eigenvalue weighted by Gasteiger charge is 2.03. The standard InChI is InChI=1S/C10H12N2OS2/c1-15(13)7-6-12-9-5-3-2-4-8(9)11-10(12)14/h2-5H,6-7H2,1H3,(H,11,14). The van der Waals surface area contributed by atoms with Crippen LogP contribution in [0.25, 0.3) is 11.0 Å². The van der Waals surface area contributed by atoms with Crippen LogP contribution < -0.4 is 0 Å². The summed E-state index contributed by atoms with van der Waals surface area (Å²) in [6, 6.07) is 7.95. The van der Waals surface area contributed by atoms with E-state index in [4.69, 9.17) is 12.2 Å². The molecule has 0 saturated carbocycles. The molecule has 5 heteroatoms. The lowest BCUT2D eigenvalue weighted by molar-refractivity contribution is 0.678. The molecule has 0 fully saturated rings. The van der Waals surface area contributed by atoms with Gasteiger partial charge in [0.1, 0.15) is 0 Å². The minimum Gasteiger partial charge on any atom is -0.331 e. The molecule has 0 spiro atoms. The van der Waals surface area contributed by atoms with Crippen LogP contribution in [0.1, 0.15) is 0 Å². The van der Waals surface area contributed by atoms with E-state index >= 15 is 0 Å². The Hall–Kier alpha value is -0.940. The van der Waals surface area contributed by atoms with Crippen LogP contribution in [0.2, 0.25) is 0 Å². The molecule has 1 aromatic heterocycles. The van der Waals surface area contributed by atoms with E-state index in [1.807, 2.05) is 28.8 Å². The van der Waals surface area contributed by atoms with Crippen molar-refractivity contribution < 1.29 is 4.21 Å². The van der Waals surface area contributed by atoms with Gasteiger partial charge in [0.2, 0.25) is 0 Å². The first-order chi connectivity index (χ1) is 7.18. The van der Waals surface area contributed by atoms with Crippen LogP contribution in [-0.2, 0) is 17.3 Å². The van der Waals surface area contributed by atoms with Crippen LogP contribution in [0.3, 0.4) is 0 Å². The van der Waals surface area contributed by atoms with Gasteiger partial charge in [0.05, 0.1) is 11.0 Å². The molecule has 0 saturated heterocycles. The van der Waals surface area contributed by atoms with Gasteiger partial charge in [0.25, 0.3) is 0 Å². The number of aromatic amines is 1. The second kappa shape index (κ2) is 4.28. The molecule has 0 aliphatic rings. The summed E-state index contributed by atoms with van der Waals surface area (Å²) in [4.78, 5) is 3.13. The largest absolute Gasteiger partial charge is 0.331 e. The highest BCUT2D eigenvalue weighted by atomic mass is 32.2. The van der Waals surface area contributed by atoms with E-state index in [2.05, 4.69) is 4.98 Å². The van der Waals surface area contributed by atoms with Crippen LogP contribution in [0, 0.1) is 4.77 Å². The number of fused-ring (bicyclic) bond motifs is 1. The number of nitrogens with zero attached hydrogens (tertiary/aromatic N) is 1. The Bertz CT molecular complexity index is 556. The average Bonchev–Trinajstić information content (AvgIpc) is 2.50. The highest BCUT2D eigenvalue weighted by molar-refractivity contribution is 7.84. The first-order valence-electron chi connectivity index (χ1n) is 4.66. The predicted octanol–water partition coefficient (Wildman–Crippen LogP) is 2.08. The van der Waals surface area contributed by atoms with Gasteiger partial charge < -0.3 is 9.55 Å². The van der Waals surface area contributed by atoms with Crippen molar-refractivity contribution in [1.29, 1.82) is 0 Å². The van der Waals surface area contributed by atoms with Crippen molar-refractivity contribution in [2.24, 2.45) is 0 Å². The lowest BCUT2D eigenvalue weighted by Crippen LogP contribution is -2.06. The Kier molecular flexibility index (Phi) is 3.02. The molecular formula is C10H12N2OS2. The fraction of sp³-hybridized carbons (Fsp3) is 0.300. The number of nitrogens with one attached hydrogen (secondary N) is 1. The Labute approximate surface area is 95.6 Å². The second-order valence-corrected chi connectivity index (χ2v) is 5.32. The topological polar surface area (TPSA) is 37.8 Å². The molecule has 1 heterocycles. The fourth-order valence-corrected chi connectivity index (χ4v) is 2.29. The third kappa shape index (κ3) is 2.18. The Morgan fingerprint density at radius 3 is 2.93 bits per heavy atom. The maximum atomic E-state index is 11.0. The summed E-state index contributed by atoms with van der Waals surface area (Å²) in [5, 5.41) is 0. The minimum atomic E-state index is -0.782. The van der Waals surface area contributed by atoms with E-state index in [-0.39, 0.29) is 0 Å². The molecule has 0 amide bonds. The zero-order valence-corrected chi connectivity index (χ0v) is 10.0. The van der Waals surface area contributed by atoms with Crippen molar-refractivity contribution in [2.45, 2.75) is 6.54 Å². The number of aromatic nitrogens is 2. The Morgan fingerprint density at radius 2 is 2.20 bits per heavy atom. The minimum absolute atomic E-state index is 0.635. The van der Waals surface area contributed by atoms with Crippen molar-refractivity contribution in [3.8, 4) is 0 Å². The maximum Gasteiger partial charge on any atom is 0.178 e. The molecule has 3 nitrogen and oxygen atoms in total. The smallest absolute Gasteiger partial charge is 0.178 e. The van der Waals surface area contributed by atoms with Crippen molar-refractivity contribution in [3.63, 3.8) is 0 Å². The van der Waals surface area contributed by atoms with Gasteiger partial charge in [-0.1, -0.05) is 12.1 Å². The van der Waals surface area contributed by atoms with Gasteiger partial charge in [0.15, 0.2) is 4.77 Å². The number of H-pyrrole nitrogens is 1. The Morgan fingerprint density at radius 1 is 1.47 bits per heavy atom. The number of imidazole rings is 1. The number of hydrogen-bond acceptors (Lipinski definition) is 2. The summed E-state index contributed by atoms with van der Waals surface area (Å²) >= 11 is 5.21. The molecule has 1 N–H and O–H groups in total. The van der Waals surface area contributed by atoms with Crippen LogP contribution in [0.15, 0.2) is 24.3 Å². The maximum absolute atomic E-state index is 11.0. The highest BCUT2D eigenvalue weighted by Crippen LogP contribution is 2.13.